The molecule has 1 fully saturated rings. The lowest BCUT2D eigenvalue weighted by atomic mass is 10.1. The molecule has 1 saturated heterocycles. The minimum atomic E-state index is 1.10. The van der Waals surface area contributed by atoms with Crippen molar-refractivity contribution in [3.05, 3.63) is 29.1 Å². The summed E-state index contributed by atoms with van der Waals surface area (Å²) in [4.78, 5) is 7.01. The van der Waals surface area contributed by atoms with E-state index in [1.807, 2.05) is 6.20 Å². The maximum absolute atomic E-state index is 4.47. The number of aryl methyl sites for hydroxylation is 2. The largest absolute Gasteiger partial charge is 0.303 e. The number of pyridine rings is 1. The Morgan fingerprint density at radius 1 is 1.20 bits per heavy atom. The first-order valence-electron chi connectivity index (χ1n) is 5.90. The fourth-order valence-corrected chi connectivity index (χ4v) is 2.10. The maximum atomic E-state index is 4.47. The number of rotatable bonds is 3. The normalized spacial score (nSPS) is 17.2. The van der Waals surface area contributed by atoms with E-state index in [0.717, 1.165) is 6.42 Å². The molecule has 2 heteroatoms. The summed E-state index contributed by atoms with van der Waals surface area (Å²) < 4.78 is 0. The lowest BCUT2D eigenvalue weighted by Gasteiger charge is -2.14. The first kappa shape index (κ1) is 10.6. The molecule has 0 atom stereocenters. The molecule has 0 saturated carbocycles. The number of aromatic nitrogens is 1. The van der Waals surface area contributed by atoms with Crippen LogP contribution in [-0.4, -0.2) is 29.5 Å². The summed E-state index contributed by atoms with van der Waals surface area (Å²) in [7, 11) is 0. The van der Waals surface area contributed by atoms with Crippen molar-refractivity contribution < 1.29 is 0 Å². The molecule has 1 aliphatic heterocycles. The highest BCUT2D eigenvalue weighted by molar-refractivity contribution is 5.23. The third-order valence-corrected chi connectivity index (χ3v) is 3.31. The van der Waals surface area contributed by atoms with E-state index < -0.39 is 0 Å². The van der Waals surface area contributed by atoms with Gasteiger partial charge >= 0.3 is 0 Å². The van der Waals surface area contributed by atoms with E-state index in [1.54, 1.807) is 0 Å². The molecule has 0 N–H and O–H groups in total. The van der Waals surface area contributed by atoms with Gasteiger partial charge in [0.2, 0.25) is 0 Å². The zero-order valence-electron chi connectivity index (χ0n) is 9.79. The van der Waals surface area contributed by atoms with Gasteiger partial charge in [0.05, 0.1) is 0 Å². The van der Waals surface area contributed by atoms with Gasteiger partial charge in [0, 0.05) is 24.9 Å². The van der Waals surface area contributed by atoms with Crippen LogP contribution in [0, 0.1) is 13.8 Å². The van der Waals surface area contributed by atoms with Crippen LogP contribution < -0.4 is 0 Å². The van der Waals surface area contributed by atoms with Crippen molar-refractivity contribution in [2.75, 3.05) is 19.6 Å². The smallest absolute Gasteiger partial charge is 0.0419 e. The lowest BCUT2D eigenvalue weighted by Crippen LogP contribution is -2.22. The first-order valence-corrected chi connectivity index (χ1v) is 5.90. The molecule has 0 spiro atoms. The van der Waals surface area contributed by atoms with Gasteiger partial charge in [-0.05, 0) is 57.0 Å². The van der Waals surface area contributed by atoms with E-state index in [-0.39, 0.29) is 0 Å². The van der Waals surface area contributed by atoms with E-state index in [4.69, 9.17) is 0 Å². The standard InChI is InChI=1S/C13H20N2/c1-11-9-13(14-10-12(11)2)5-8-15-6-3-4-7-15/h9-10H,3-8H2,1-2H3. The fraction of sp³-hybridized carbons (Fsp3) is 0.615. The lowest BCUT2D eigenvalue weighted by molar-refractivity contribution is 0.342. The van der Waals surface area contributed by atoms with Gasteiger partial charge in [0.1, 0.15) is 0 Å². The van der Waals surface area contributed by atoms with Crippen LogP contribution in [0.1, 0.15) is 29.7 Å². The summed E-state index contributed by atoms with van der Waals surface area (Å²) in [5, 5.41) is 0. The summed E-state index contributed by atoms with van der Waals surface area (Å²) in [6, 6.07) is 2.23. The highest BCUT2D eigenvalue weighted by atomic mass is 15.1. The molecule has 15 heavy (non-hydrogen) atoms. The van der Waals surface area contributed by atoms with Crippen molar-refractivity contribution in [2.24, 2.45) is 0 Å². The summed E-state index contributed by atoms with van der Waals surface area (Å²) in [6.07, 6.45) is 5.84. The first-order chi connectivity index (χ1) is 7.25. The molecule has 2 heterocycles. The van der Waals surface area contributed by atoms with Crippen molar-refractivity contribution in [1.29, 1.82) is 0 Å². The van der Waals surface area contributed by atoms with Crippen LogP contribution in [0.4, 0.5) is 0 Å². The van der Waals surface area contributed by atoms with Crippen molar-refractivity contribution in [3.63, 3.8) is 0 Å². The zero-order valence-corrected chi connectivity index (χ0v) is 9.79. The van der Waals surface area contributed by atoms with E-state index in [1.165, 1.54) is 49.3 Å². The third kappa shape index (κ3) is 2.78. The van der Waals surface area contributed by atoms with Gasteiger partial charge in [-0.3, -0.25) is 4.98 Å². The van der Waals surface area contributed by atoms with Crippen molar-refractivity contribution in [2.45, 2.75) is 33.1 Å². The van der Waals surface area contributed by atoms with Crippen molar-refractivity contribution >= 4 is 0 Å². The van der Waals surface area contributed by atoms with E-state index in [0.29, 0.717) is 0 Å². The minimum absolute atomic E-state index is 1.10. The predicted octanol–water partition coefficient (Wildman–Crippen LogP) is 2.34. The van der Waals surface area contributed by atoms with Gasteiger partial charge in [-0.1, -0.05) is 0 Å². The SMILES string of the molecule is Cc1cnc(CCN2CCCC2)cc1C. The summed E-state index contributed by atoms with van der Waals surface area (Å²) >= 11 is 0. The van der Waals surface area contributed by atoms with E-state index >= 15 is 0 Å². The quantitative estimate of drug-likeness (QED) is 0.751. The molecule has 0 radical (unpaired) electrons. The van der Waals surface area contributed by atoms with Crippen LogP contribution in [0.3, 0.4) is 0 Å². The van der Waals surface area contributed by atoms with Crippen LogP contribution in [0.25, 0.3) is 0 Å². The minimum Gasteiger partial charge on any atom is -0.303 e. The van der Waals surface area contributed by atoms with Crippen LogP contribution in [0.2, 0.25) is 0 Å². The average Bonchev–Trinajstić information content (AvgIpc) is 2.73. The molecule has 1 aromatic rings. The molecule has 1 aromatic heterocycles. The van der Waals surface area contributed by atoms with Crippen molar-refractivity contribution in [3.8, 4) is 0 Å². The Bertz CT molecular complexity index is 327. The number of hydrogen-bond donors (Lipinski definition) is 0. The van der Waals surface area contributed by atoms with Crippen LogP contribution >= 0.6 is 0 Å². The molecule has 2 rings (SSSR count). The molecule has 82 valence electrons. The number of likely N-dealkylation sites (tertiary alicyclic amines) is 1. The molecule has 2 nitrogen and oxygen atoms in total. The fourth-order valence-electron chi connectivity index (χ4n) is 2.10. The van der Waals surface area contributed by atoms with E-state index in [2.05, 4.69) is 29.8 Å². The highest BCUT2D eigenvalue weighted by Crippen LogP contribution is 2.10. The Morgan fingerprint density at radius 2 is 1.93 bits per heavy atom. The monoisotopic (exact) mass is 204 g/mol. The Balaban J connectivity index is 1.90. The second-order valence-corrected chi connectivity index (χ2v) is 4.56. The molecule has 0 aromatic carbocycles. The van der Waals surface area contributed by atoms with Gasteiger partial charge in [0.25, 0.3) is 0 Å². The Hall–Kier alpha value is -0.890. The molecule has 0 amide bonds. The Kier molecular flexibility index (Phi) is 3.37. The van der Waals surface area contributed by atoms with Crippen LogP contribution in [0.5, 0.6) is 0 Å². The Labute approximate surface area is 92.3 Å². The average molecular weight is 204 g/mol. The second-order valence-electron chi connectivity index (χ2n) is 4.56. The van der Waals surface area contributed by atoms with Crippen LogP contribution in [0.15, 0.2) is 12.3 Å². The number of hydrogen-bond acceptors (Lipinski definition) is 2. The van der Waals surface area contributed by atoms with Gasteiger partial charge < -0.3 is 4.90 Å². The van der Waals surface area contributed by atoms with E-state index in [9.17, 15) is 0 Å². The Morgan fingerprint density at radius 3 is 2.60 bits per heavy atom. The van der Waals surface area contributed by atoms with Crippen LogP contribution in [-0.2, 0) is 6.42 Å². The van der Waals surface area contributed by atoms with Gasteiger partial charge in [-0.15, -0.1) is 0 Å². The molecular weight excluding hydrogens is 184 g/mol. The topological polar surface area (TPSA) is 16.1 Å². The second kappa shape index (κ2) is 4.75. The van der Waals surface area contributed by atoms with Crippen molar-refractivity contribution in [1.82, 2.24) is 9.88 Å². The van der Waals surface area contributed by atoms with Gasteiger partial charge in [0.15, 0.2) is 0 Å². The molecule has 1 aliphatic rings. The molecular formula is C13H20N2. The molecule has 0 unspecified atom stereocenters. The predicted molar refractivity (Wildman–Crippen MR) is 63.1 cm³/mol. The third-order valence-electron chi connectivity index (χ3n) is 3.31. The van der Waals surface area contributed by atoms with Gasteiger partial charge in [-0.2, -0.15) is 0 Å². The van der Waals surface area contributed by atoms with Gasteiger partial charge in [-0.25, -0.2) is 0 Å². The summed E-state index contributed by atoms with van der Waals surface area (Å²) in [6.45, 7) is 8.02. The highest BCUT2D eigenvalue weighted by Gasteiger charge is 2.11. The summed E-state index contributed by atoms with van der Waals surface area (Å²) in [5.74, 6) is 0. The zero-order chi connectivity index (χ0) is 10.7. The number of nitrogens with zero attached hydrogens (tertiary/aromatic N) is 2. The summed E-state index contributed by atoms with van der Waals surface area (Å²) in [5.41, 5.74) is 3.89. The molecule has 0 bridgehead atoms. The molecule has 0 aliphatic carbocycles. The maximum Gasteiger partial charge on any atom is 0.0419 e.